The summed E-state index contributed by atoms with van der Waals surface area (Å²) in [6.07, 6.45) is 12.7. The van der Waals surface area contributed by atoms with E-state index < -0.39 is 0 Å². The van der Waals surface area contributed by atoms with Crippen molar-refractivity contribution in [2.75, 3.05) is 4.90 Å². The lowest BCUT2D eigenvalue weighted by molar-refractivity contribution is 0.516. The third kappa shape index (κ3) is 5.22. The minimum Gasteiger partial charge on any atom is -0.357 e. The van der Waals surface area contributed by atoms with Crippen molar-refractivity contribution < 1.29 is 0 Å². The third-order valence-corrected chi connectivity index (χ3v) is 13.1. The lowest BCUT2D eigenvalue weighted by Gasteiger charge is -2.34. The van der Waals surface area contributed by atoms with Crippen LogP contribution in [0.2, 0.25) is 0 Å². The molecule has 2 saturated carbocycles. The fourth-order valence-electron chi connectivity index (χ4n) is 10.5. The molecular formula is C42H51N7. The van der Waals surface area contributed by atoms with Crippen LogP contribution in [0.4, 0.5) is 5.69 Å². The van der Waals surface area contributed by atoms with Gasteiger partial charge in [0.1, 0.15) is 11.6 Å². The standard InChI is InChI=1S/C42H51N7/c1-42(2,3)28-12-14-29(15-13-28)49-38(26-10-16-32-34(22-26)47-40(45-32)36-20-24-6-4-8-30(24)43-36)18-19-39(49)27-11-17-33-35(23-27)48-41(46-33)37-21-25-7-5-9-31(25)44-37/h10-17,22-25,30-31,36-39,43-44H,4-9,18-21H2,1-3H3,(H,45,47)(H,46,48)/t24-,25-,30-,31-,36-,37-,38-,39+/m0/s1. The summed E-state index contributed by atoms with van der Waals surface area (Å²) < 4.78 is 0. The Labute approximate surface area is 290 Å². The molecule has 3 saturated heterocycles. The van der Waals surface area contributed by atoms with Crippen LogP contribution in [0.5, 0.6) is 0 Å². The number of hydrogen-bond acceptors (Lipinski definition) is 5. The van der Waals surface area contributed by atoms with Crippen molar-refractivity contribution in [2.24, 2.45) is 11.8 Å². The zero-order valence-electron chi connectivity index (χ0n) is 29.3. The number of aromatic amines is 2. The van der Waals surface area contributed by atoms with E-state index in [0.717, 1.165) is 58.4 Å². The predicted molar refractivity (Wildman–Crippen MR) is 198 cm³/mol. The topological polar surface area (TPSA) is 84.7 Å². The summed E-state index contributed by atoms with van der Waals surface area (Å²) in [4.78, 5) is 20.4. The molecule has 254 valence electrons. The van der Waals surface area contributed by atoms with Crippen molar-refractivity contribution >= 4 is 27.8 Å². The maximum Gasteiger partial charge on any atom is 0.124 e. The van der Waals surface area contributed by atoms with Gasteiger partial charge in [-0.3, -0.25) is 0 Å². The average Bonchev–Trinajstić information content (AvgIpc) is 3.93. The first-order valence-electron chi connectivity index (χ1n) is 19.2. The second-order valence-electron chi connectivity index (χ2n) is 17.1. The molecule has 5 heterocycles. The van der Waals surface area contributed by atoms with Gasteiger partial charge in [-0.15, -0.1) is 0 Å². The molecule has 2 aromatic heterocycles. The van der Waals surface area contributed by atoms with Crippen LogP contribution in [0.3, 0.4) is 0 Å². The minimum atomic E-state index is 0.120. The van der Waals surface area contributed by atoms with Gasteiger partial charge in [0.15, 0.2) is 0 Å². The number of anilines is 1. The van der Waals surface area contributed by atoms with E-state index in [9.17, 15) is 0 Å². The zero-order valence-corrected chi connectivity index (χ0v) is 29.3. The highest BCUT2D eigenvalue weighted by Crippen LogP contribution is 2.48. The van der Waals surface area contributed by atoms with Gasteiger partial charge in [-0.2, -0.15) is 0 Å². The summed E-state index contributed by atoms with van der Waals surface area (Å²) in [5, 5.41) is 7.79. The highest BCUT2D eigenvalue weighted by atomic mass is 15.2. The van der Waals surface area contributed by atoms with E-state index in [1.165, 1.54) is 73.7 Å². The molecule has 0 unspecified atom stereocenters. The fraction of sp³-hybridized carbons (Fsp3) is 0.524. The molecule has 5 aliphatic rings. The first kappa shape index (κ1) is 30.2. The van der Waals surface area contributed by atoms with Gasteiger partial charge in [0.2, 0.25) is 0 Å². The van der Waals surface area contributed by atoms with Gasteiger partial charge >= 0.3 is 0 Å². The van der Waals surface area contributed by atoms with Gasteiger partial charge in [-0.1, -0.05) is 57.9 Å². The Kier molecular flexibility index (Phi) is 7.03. The normalized spacial score (nSPS) is 31.4. The third-order valence-electron chi connectivity index (χ3n) is 13.1. The lowest BCUT2D eigenvalue weighted by Crippen LogP contribution is -2.26. The maximum absolute atomic E-state index is 5.09. The van der Waals surface area contributed by atoms with Crippen LogP contribution in [0.25, 0.3) is 22.1 Å². The molecule has 3 aliphatic heterocycles. The minimum absolute atomic E-state index is 0.120. The predicted octanol–water partition coefficient (Wildman–Crippen LogP) is 9.23. The van der Waals surface area contributed by atoms with Gasteiger partial charge in [-0.05, 0) is 122 Å². The molecule has 4 N–H and O–H groups in total. The Bertz CT molecular complexity index is 1860. The van der Waals surface area contributed by atoms with E-state index in [1.807, 2.05) is 0 Å². The van der Waals surface area contributed by atoms with Crippen LogP contribution < -0.4 is 15.5 Å². The zero-order chi connectivity index (χ0) is 32.9. The van der Waals surface area contributed by atoms with Crippen LogP contribution in [-0.4, -0.2) is 32.0 Å². The smallest absolute Gasteiger partial charge is 0.124 e. The maximum atomic E-state index is 5.09. The molecule has 7 nitrogen and oxygen atoms in total. The molecule has 8 atom stereocenters. The number of nitrogens with one attached hydrogen (secondary N) is 4. The molecule has 0 spiro atoms. The molecule has 0 bridgehead atoms. The molecule has 2 aliphatic carbocycles. The first-order valence-corrected chi connectivity index (χ1v) is 19.2. The molecule has 0 amide bonds. The number of hydrogen-bond donors (Lipinski definition) is 4. The van der Waals surface area contributed by atoms with Gasteiger partial charge in [-0.25, -0.2) is 9.97 Å². The summed E-state index contributed by atoms with van der Waals surface area (Å²) in [6, 6.07) is 25.9. The molecule has 3 aromatic carbocycles. The second-order valence-corrected chi connectivity index (χ2v) is 17.1. The Morgan fingerprint density at radius 3 is 1.59 bits per heavy atom. The molecule has 10 rings (SSSR count). The summed E-state index contributed by atoms with van der Waals surface area (Å²) in [6.45, 7) is 6.89. The number of benzene rings is 3. The molecular weight excluding hydrogens is 603 g/mol. The summed E-state index contributed by atoms with van der Waals surface area (Å²) in [5.74, 6) is 3.86. The van der Waals surface area contributed by atoms with E-state index in [2.05, 4.69) is 107 Å². The van der Waals surface area contributed by atoms with Gasteiger partial charge in [0.25, 0.3) is 0 Å². The Morgan fingerprint density at radius 2 is 1.12 bits per heavy atom. The Hall–Kier alpha value is -3.68. The number of nitrogens with zero attached hydrogens (tertiary/aromatic N) is 3. The summed E-state index contributed by atoms with van der Waals surface area (Å²) >= 11 is 0. The Balaban J connectivity index is 0.976. The number of aromatic nitrogens is 4. The highest BCUT2D eigenvalue weighted by Gasteiger charge is 2.40. The monoisotopic (exact) mass is 653 g/mol. The van der Waals surface area contributed by atoms with Crippen LogP contribution in [0.15, 0.2) is 60.7 Å². The molecule has 0 radical (unpaired) electrons. The van der Waals surface area contributed by atoms with Gasteiger partial charge < -0.3 is 25.5 Å². The first-order chi connectivity index (χ1) is 23.8. The summed E-state index contributed by atoms with van der Waals surface area (Å²) in [7, 11) is 0. The number of fused-ring (bicyclic) bond motifs is 4. The largest absolute Gasteiger partial charge is 0.357 e. The number of rotatable bonds is 5. The van der Waals surface area contributed by atoms with E-state index in [-0.39, 0.29) is 17.5 Å². The van der Waals surface area contributed by atoms with Crippen LogP contribution in [0, 0.1) is 11.8 Å². The second kappa shape index (κ2) is 11.4. The van der Waals surface area contributed by atoms with Crippen LogP contribution in [-0.2, 0) is 5.41 Å². The van der Waals surface area contributed by atoms with E-state index in [4.69, 9.17) is 9.97 Å². The van der Waals surface area contributed by atoms with Crippen molar-refractivity contribution in [3.05, 3.63) is 89.0 Å². The van der Waals surface area contributed by atoms with Gasteiger partial charge in [0.05, 0.1) is 46.2 Å². The van der Waals surface area contributed by atoms with Crippen molar-refractivity contribution in [1.29, 1.82) is 0 Å². The van der Waals surface area contributed by atoms with Crippen LogP contribution >= 0.6 is 0 Å². The quantitative estimate of drug-likeness (QED) is 0.152. The lowest BCUT2D eigenvalue weighted by atomic mass is 9.87. The highest BCUT2D eigenvalue weighted by molar-refractivity contribution is 5.78. The van der Waals surface area contributed by atoms with Crippen molar-refractivity contribution in [2.45, 2.75) is 127 Å². The van der Waals surface area contributed by atoms with Gasteiger partial charge in [0, 0.05) is 17.8 Å². The van der Waals surface area contributed by atoms with Crippen LogP contribution in [0.1, 0.15) is 137 Å². The Morgan fingerprint density at radius 1 is 0.612 bits per heavy atom. The SMILES string of the molecule is CC(C)(C)c1ccc(N2[C@@H](c3ccc4nc([C@@H]5C[C@@H]6CCC[C@@H]6N5)[nH]c4c3)CC[C@H]2c2ccc3nc([C@@H]4C[C@@H]5CCC[C@@H]5N4)[nH]c3c2)cc1. The van der Waals surface area contributed by atoms with E-state index >= 15 is 0 Å². The molecule has 5 aromatic rings. The summed E-state index contributed by atoms with van der Waals surface area (Å²) in [5.41, 5.74) is 9.99. The van der Waals surface area contributed by atoms with Crippen molar-refractivity contribution in [3.8, 4) is 0 Å². The number of imidazole rings is 2. The molecule has 7 heteroatoms. The van der Waals surface area contributed by atoms with Crippen molar-refractivity contribution in [3.63, 3.8) is 0 Å². The van der Waals surface area contributed by atoms with E-state index in [1.54, 1.807) is 0 Å². The van der Waals surface area contributed by atoms with Crippen molar-refractivity contribution in [1.82, 2.24) is 30.6 Å². The number of H-pyrrole nitrogens is 2. The van der Waals surface area contributed by atoms with E-state index in [0.29, 0.717) is 24.2 Å². The fourth-order valence-corrected chi connectivity index (χ4v) is 10.5. The average molecular weight is 654 g/mol. The molecule has 5 fully saturated rings. The molecule has 49 heavy (non-hydrogen) atoms.